The SMILES string of the molecule is COCCNCC(O)COc1ccc(C#N)c(F)c1. The Bertz CT molecular complexity index is 434. The predicted octanol–water partition coefficient (Wildman–Crippen LogP) is 0.673. The zero-order valence-electron chi connectivity index (χ0n) is 10.7. The number of rotatable bonds is 8. The molecule has 104 valence electrons. The highest BCUT2D eigenvalue weighted by Crippen LogP contribution is 2.16. The van der Waals surface area contributed by atoms with Gasteiger partial charge in [-0.05, 0) is 12.1 Å². The predicted molar refractivity (Wildman–Crippen MR) is 67.4 cm³/mol. The average molecular weight is 268 g/mol. The van der Waals surface area contributed by atoms with Crippen molar-refractivity contribution in [3.8, 4) is 11.8 Å². The number of benzene rings is 1. The van der Waals surface area contributed by atoms with Crippen molar-refractivity contribution in [2.24, 2.45) is 0 Å². The minimum atomic E-state index is -0.699. The number of aliphatic hydroxyl groups is 1. The van der Waals surface area contributed by atoms with E-state index < -0.39 is 11.9 Å². The molecule has 0 heterocycles. The minimum Gasteiger partial charge on any atom is -0.491 e. The fourth-order valence-corrected chi connectivity index (χ4v) is 1.37. The summed E-state index contributed by atoms with van der Waals surface area (Å²) in [6.07, 6.45) is -0.699. The van der Waals surface area contributed by atoms with Gasteiger partial charge in [0.15, 0.2) is 0 Å². The van der Waals surface area contributed by atoms with Crippen LogP contribution in [0.1, 0.15) is 5.56 Å². The van der Waals surface area contributed by atoms with Crippen molar-refractivity contribution in [3.63, 3.8) is 0 Å². The first-order valence-corrected chi connectivity index (χ1v) is 5.87. The van der Waals surface area contributed by atoms with E-state index in [1.165, 1.54) is 12.1 Å². The topological polar surface area (TPSA) is 74.5 Å². The van der Waals surface area contributed by atoms with Gasteiger partial charge in [0.1, 0.15) is 30.3 Å². The lowest BCUT2D eigenvalue weighted by Gasteiger charge is -2.13. The molecule has 1 aromatic carbocycles. The van der Waals surface area contributed by atoms with E-state index in [0.717, 1.165) is 6.07 Å². The number of hydrogen-bond donors (Lipinski definition) is 2. The van der Waals surface area contributed by atoms with Gasteiger partial charge in [-0.3, -0.25) is 0 Å². The molecule has 0 aromatic heterocycles. The molecule has 1 atom stereocenters. The third-order valence-electron chi connectivity index (χ3n) is 2.37. The van der Waals surface area contributed by atoms with Crippen molar-refractivity contribution in [2.75, 3.05) is 33.4 Å². The number of halogens is 1. The number of methoxy groups -OCH3 is 1. The first-order valence-electron chi connectivity index (χ1n) is 5.87. The van der Waals surface area contributed by atoms with Crippen molar-refractivity contribution in [1.82, 2.24) is 5.32 Å². The van der Waals surface area contributed by atoms with E-state index >= 15 is 0 Å². The Hall–Kier alpha value is -1.68. The van der Waals surface area contributed by atoms with Crippen LogP contribution in [-0.4, -0.2) is 44.6 Å². The largest absolute Gasteiger partial charge is 0.491 e. The Morgan fingerprint density at radius 3 is 2.95 bits per heavy atom. The summed E-state index contributed by atoms with van der Waals surface area (Å²) in [6.45, 7) is 1.61. The fraction of sp³-hybridized carbons (Fsp3) is 0.462. The molecule has 1 aromatic rings. The standard InChI is InChI=1S/C13H17FN2O3/c1-18-5-4-16-8-11(17)9-19-12-3-2-10(7-15)13(14)6-12/h2-3,6,11,16-17H,4-5,8-9H2,1H3. The second kappa shape index (κ2) is 8.43. The molecule has 0 aliphatic carbocycles. The van der Waals surface area contributed by atoms with Crippen LogP contribution in [0.5, 0.6) is 5.75 Å². The zero-order valence-corrected chi connectivity index (χ0v) is 10.7. The van der Waals surface area contributed by atoms with Crippen molar-refractivity contribution in [2.45, 2.75) is 6.10 Å². The molecule has 0 aliphatic heterocycles. The maximum Gasteiger partial charge on any atom is 0.144 e. The van der Waals surface area contributed by atoms with E-state index in [4.69, 9.17) is 14.7 Å². The Kier molecular flexibility index (Phi) is 6.82. The van der Waals surface area contributed by atoms with Crippen LogP contribution < -0.4 is 10.1 Å². The first-order chi connectivity index (χ1) is 9.17. The molecule has 2 N–H and O–H groups in total. The molecular weight excluding hydrogens is 251 g/mol. The van der Waals surface area contributed by atoms with Crippen LogP contribution in [0, 0.1) is 17.1 Å². The van der Waals surface area contributed by atoms with Gasteiger partial charge in [0.2, 0.25) is 0 Å². The van der Waals surface area contributed by atoms with Crippen LogP contribution in [0.25, 0.3) is 0 Å². The summed E-state index contributed by atoms with van der Waals surface area (Å²) in [5.74, 6) is -0.347. The summed E-state index contributed by atoms with van der Waals surface area (Å²) in [5.41, 5.74) is -0.0332. The van der Waals surface area contributed by atoms with Crippen molar-refractivity contribution < 1.29 is 19.0 Å². The monoisotopic (exact) mass is 268 g/mol. The van der Waals surface area contributed by atoms with Gasteiger partial charge in [-0.15, -0.1) is 0 Å². The molecule has 19 heavy (non-hydrogen) atoms. The van der Waals surface area contributed by atoms with E-state index in [-0.39, 0.29) is 17.9 Å². The van der Waals surface area contributed by atoms with Crippen molar-refractivity contribution >= 4 is 0 Å². The first kappa shape index (κ1) is 15.4. The highest BCUT2D eigenvalue weighted by atomic mass is 19.1. The number of nitriles is 1. The second-order valence-corrected chi connectivity index (χ2v) is 3.92. The molecule has 5 nitrogen and oxygen atoms in total. The Morgan fingerprint density at radius 1 is 1.53 bits per heavy atom. The Balaban J connectivity index is 2.32. The summed E-state index contributed by atoms with van der Waals surface area (Å²) >= 11 is 0. The highest BCUT2D eigenvalue weighted by molar-refractivity contribution is 5.36. The third-order valence-corrected chi connectivity index (χ3v) is 2.37. The average Bonchev–Trinajstić information content (AvgIpc) is 2.41. The summed E-state index contributed by atoms with van der Waals surface area (Å²) in [5, 5.41) is 21.2. The molecule has 0 saturated carbocycles. The van der Waals surface area contributed by atoms with Crippen LogP contribution in [-0.2, 0) is 4.74 Å². The number of hydrogen-bond acceptors (Lipinski definition) is 5. The van der Waals surface area contributed by atoms with Crippen LogP contribution >= 0.6 is 0 Å². The molecule has 0 amide bonds. The summed E-state index contributed by atoms with van der Waals surface area (Å²) in [6, 6.07) is 5.69. The Labute approximate surface area is 111 Å². The molecule has 0 aliphatic rings. The minimum absolute atomic E-state index is 0.0332. The lowest BCUT2D eigenvalue weighted by Crippen LogP contribution is -2.33. The van der Waals surface area contributed by atoms with Gasteiger partial charge in [-0.25, -0.2) is 4.39 Å². The molecule has 0 fully saturated rings. The number of nitrogens with zero attached hydrogens (tertiary/aromatic N) is 1. The summed E-state index contributed by atoms with van der Waals surface area (Å²) < 4.78 is 23.4. The van der Waals surface area contributed by atoms with Gasteiger partial charge in [0.05, 0.1) is 12.2 Å². The van der Waals surface area contributed by atoms with E-state index in [2.05, 4.69) is 5.32 Å². The lowest BCUT2D eigenvalue weighted by atomic mass is 10.2. The van der Waals surface area contributed by atoms with Crippen molar-refractivity contribution in [1.29, 1.82) is 5.26 Å². The van der Waals surface area contributed by atoms with Gasteiger partial charge in [0, 0.05) is 26.3 Å². The van der Waals surface area contributed by atoms with Crippen LogP contribution in [0.3, 0.4) is 0 Å². The molecular formula is C13H17FN2O3. The fourth-order valence-electron chi connectivity index (χ4n) is 1.37. The van der Waals surface area contributed by atoms with Gasteiger partial charge < -0.3 is 19.9 Å². The normalized spacial score (nSPS) is 11.9. The second-order valence-electron chi connectivity index (χ2n) is 3.92. The van der Waals surface area contributed by atoms with Crippen LogP contribution in [0.15, 0.2) is 18.2 Å². The van der Waals surface area contributed by atoms with Gasteiger partial charge in [0.25, 0.3) is 0 Å². The lowest BCUT2D eigenvalue weighted by molar-refractivity contribution is 0.103. The number of ether oxygens (including phenoxy) is 2. The summed E-state index contributed by atoms with van der Waals surface area (Å²) in [4.78, 5) is 0. The molecule has 6 heteroatoms. The third kappa shape index (κ3) is 5.66. The maximum absolute atomic E-state index is 13.3. The molecule has 1 rings (SSSR count). The Morgan fingerprint density at radius 2 is 2.32 bits per heavy atom. The van der Waals surface area contributed by atoms with E-state index in [9.17, 15) is 9.50 Å². The van der Waals surface area contributed by atoms with E-state index in [0.29, 0.717) is 19.7 Å². The summed E-state index contributed by atoms with van der Waals surface area (Å²) in [7, 11) is 1.60. The smallest absolute Gasteiger partial charge is 0.144 e. The van der Waals surface area contributed by atoms with E-state index in [1.807, 2.05) is 0 Å². The van der Waals surface area contributed by atoms with Gasteiger partial charge in [-0.1, -0.05) is 0 Å². The molecule has 0 saturated heterocycles. The molecule has 1 unspecified atom stereocenters. The van der Waals surface area contributed by atoms with Crippen LogP contribution in [0.4, 0.5) is 4.39 Å². The van der Waals surface area contributed by atoms with Gasteiger partial charge in [-0.2, -0.15) is 5.26 Å². The van der Waals surface area contributed by atoms with E-state index in [1.54, 1.807) is 13.2 Å². The zero-order chi connectivity index (χ0) is 14.1. The number of nitrogens with one attached hydrogen (secondary N) is 1. The molecule has 0 bridgehead atoms. The van der Waals surface area contributed by atoms with Crippen molar-refractivity contribution in [3.05, 3.63) is 29.6 Å². The highest BCUT2D eigenvalue weighted by Gasteiger charge is 2.07. The van der Waals surface area contributed by atoms with Crippen LogP contribution in [0.2, 0.25) is 0 Å². The number of aliphatic hydroxyl groups excluding tert-OH is 1. The van der Waals surface area contributed by atoms with Gasteiger partial charge >= 0.3 is 0 Å². The molecule has 0 spiro atoms. The molecule has 0 radical (unpaired) electrons. The quantitative estimate of drug-likeness (QED) is 0.678. The maximum atomic E-state index is 13.3.